The summed E-state index contributed by atoms with van der Waals surface area (Å²) < 4.78 is 39.6. The molecule has 6 nitrogen and oxygen atoms in total. The van der Waals surface area contributed by atoms with Gasteiger partial charge in [0.15, 0.2) is 17.5 Å². The summed E-state index contributed by atoms with van der Waals surface area (Å²) in [5.74, 6) is -4.09. The lowest BCUT2D eigenvalue weighted by molar-refractivity contribution is -0.118. The largest absolute Gasteiger partial charge is 0.309 e. The average Bonchev–Trinajstić information content (AvgIpc) is 3.26. The Bertz CT molecular complexity index is 1160. The molecule has 2 aromatic heterocycles. The predicted octanol–water partition coefficient (Wildman–Crippen LogP) is 3.27. The number of nitrogens with zero attached hydrogens (tertiary/aromatic N) is 1. The topological polar surface area (TPSA) is 86.9 Å². The summed E-state index contributed by atoms with van der Waals surface area (Å²) >= 11 is 2.74. The Kier molecular flexibility index (Phi) is 5.50. The van der Waals surface area contributed by atoms with Gasteiger partial charge in [-0.05, 0) is 37.0 Å². The van der Waals surface area contributed by atoms with E-state index in [1.807, 2.05) is 0 Å². The second-order valence-corrected chi connectivity index (χ2v) is 8.51. The van der Waals surface area contributed by atoms with Gasteiger partial charge in [-0.3, -0.25) is 20.4 Å². The highest BCUT2D eigenvalue weighted by atomic mass is 32.2. The number of aromatic amines is 1. The minimum absolute atomic E-state index is 0.0129. The van der Waals surface area contributed by atoms with Gasteiger partial charge in [-0.15, -0.1) is 23.1 Å². The monoisotopic (exact) mass is 440 g/mol. The highest BCUT2D eigenvalue weighted by molar-refractivity contribution is 7.99. The summed E-state index contributed by atoms with van der Waals surface area (Å²) in [7, 11) is 0. The van der Waals surface area contributed by atoms with Crippen molar-refractivity contribution < 1.29 is 18.0 Å². The van der Waals surface area contributed by atoms with Crippen molar-refractivity contribution in [1.82, 2.24) is 15.4 Å². The first-order valence-electron chi connectivity index (χ1n) is 8.73. The summed E-state index contributed by atoms with van der Waals surface area (Å²) in [5, 5.41) is 0.673. The van der Waals surface area contributed by atoms with Gasteiger partial charge in [-0.1, -0.05) is 0 Å². The molecule has 0 saturated heterocycles. The molecule has 1 amide bonds. The molecule has 3 aromatic rings. The van der Waals surface area contributed by atoms with E-state index in [1.54, 1.807) is 11.3 Å². The minimum Gasteiger partial charge on any atom is -0.309 e. The van der Waals surface area contributed by atoms with E-state index in [1.165, 1.54) is 16.6 Å². The maximum absolute atomic E-state index is 13.5. The Labute approximate surface area is 170 Å². The van der Waals surface area contributed by atoms with Gasteiger partial charge in [-0.25, -0.2) is 18.2 Å². The van der Waals surface area contributed by atoms with Crippen LogP contribution < -0.4 is 16.4 Å². The van der Waals surface area contributed by atoms with Gasteiger partial charge in [0.1, 0.15) is 10.7 Å². The van der Waals surface area contributed by atoms with Gasteiger partial charge in [0.25, 0.3) is 5.56 Å². The maximum atomic E-state index is 13.5. The van der Waals surface area contributed by atoms with Gasteiger partial charge < -0.3 is 4.98 Å². The van der Waals surface area contributed by atoms with Crippen LogP contribution in [0.1, 0.15) is 22.7 Å². The van der Waals surface area contributed by atoms with Gasteiger partial charge in [0, 0.05) is 4.88 Å². The fourth-order valence-electron chi connectivity index (χ4n) is 3.15. The van der Waals surface area contributed by atoms with Gasteiger partial charge in [-0.2, -0.15) is 0 Å². The van der Waals surface area contributed by atoms with Crippen LogP contribution >= 0.6 is 23.1 Å². The summed E-state index contributed by atoms with van der Waals surface area (Å²) in [6.45, 7) is 0. The molecule has 0 bridgehead atoms. The highest BCUT2D eigenvalue weighted by Gasteiger charge is 2.21. The first-order valence-corrected chi connectivity index (χ1v) is 10.7. The van der Waals surface area contributed by atoms with Crippen LogP contribution in [0.3, 0.4) is 0 Å². The molecule has 0 aliphatic heterocycles. The molecule has 0 spiro atoms. The number of aryl methyl sites for hydroxylation is 2. The van der Waals surface area contributed by atoms with Crippen LogP contribution in [-0.4, -0.2) is 21.6 Å². The third kappa shape index (κ3) is 3.97. The zero-order chi connectivity index (χ0) is 20.5. The number of thioether (sulfide) groups is 1. The molecule has 0 unspecified atom stereocenters. The van der Waals surface area contributed by atoms with E-state index < -0.39 is 23.4 Å². The van der Waals surface area contributed by atoms with E-state index in [2.05, 4.69) is 20.8 Å². The van der Waals surface area contributed by atoms with Crippen LogP contribution in [0.4, 0.5) is 18.9 Å². The number of hydrogen-bond donors (Lipinski definition) is 3. The summed E-state index contributed by atoms with van der Waals surface area (Å²) in [6, 6.07) is 1.73. The number of aromatic nitrogens is 2. The van der Waals surface area contributed by atoms with Crippen LogP contribution in [0.25, 0.3) is 10.2 Å². The number of nitrogens with one attached hydrogen (secondary N) is 3. The molecule has 4 rings (SSSR count). The van der Waals surface area contributed by atoms with Crippen molar-refractivity contribution in [1.29, 1.82) is 0 Å². The molecule has 0 saturated carbocycles. The number of anilines is 1. The molecule has 2 heterocycles. The van der Waals surface area contributed by atoms with Crippen LogP contribution in [-0.2, 0) is 23.4 Å². The third-order valence-electron chi connectivity index (χ3n) is 4.47. The third-order valence-corrected chi connectivity index (χ3v) is 6.60. The highest BCUT2D eigenvalue weighted by Crippen LogP contribution is 2.34. The number of H-pyrrole nitrogens is 1. The number of thiophene rings is 1. The van der Waals surface area contributed by atoms with Gasteiger partial charge in [0.05, 0.1) is 22.6 Å². The van der Waals surface area contributed by atoms with Crippen molar-refractivity contribution in [3.63, 3.8) is 0 Å². The van der Waals surface area contributed by atoms with Crippen molar-refractivity contribution in [3.8, 4) is 0 Å². The van der Waals surface area contributed by atoms with Crippen molar-refractivity contribution in [2.24, 2.45) is 0 Å². The van der Waals surface area contributed by atoms with Crippen molar-refractivity contribution in [3.05, 3.63) is 56.2 Å². The predicted molar refractivity (Wildman–Crippen MR) is 107 cm³/mol. The van der Waals surface area contributed by atoms with Crippen LogP contribution in [0.5, 0.6) is 0 Å². The quantitative estimate of drug-likeness (QED) is 0.405. The van der Waals surface area contributed by atoms with Crippen LogP contribution in [0.15, 0.2) is 16.9 Å². The SMILES string of the molecule is O=C(CSCc1nc2sc3c(c2c(=O)[nH]1)CCC3)NNc1ccc(F)c(F)c1F. The average molecular weight is 440 g/mol. The van der Waals surface area contributed by atoms with Crippen molar-refractivity contribution in [2.75, 3.05) is 11.2 Å². The molecule has 1 aliphatic carbocycles. The second kappa shape index (κ2) is 8.07. The summed E-state index contributed by atoms with van der Waals surface area (Å²) in [4.78, 5) is 33.4. The zero-order valence-corrected chi connectivity index (χ0v) is 16.5. The Morgan fingerprint density at radius 3 is 2.90 bits per heavy atom. The number of hydrogen-bond acceptors (Lipinski definition) is 6. The van der Waals surface area contributed by atoms with Crippen molar-refractivity contribution in [2.45, 2.75) is 25.0 Å². The standard InChI is InChI=1S/C18H15F3N4O2S2/c19-9-4-5-10(16(21)15(9)20)24-25-13(26)7-28-6-12-22-17(27)14-8-2-1-3-11(8)29-18(14)23-12/h4-5,24H,1-3,6-7H2,(H,25,26)(H,22,23,27). The molecule has 1 aliphatic rings. The molecule has 0 fully saturated rings. The first-order chi connectivity index (χ1) is 13.9. The van der Waals surface area contributed by atoms with Crippen molar-refractivity contribution >= 4 is 44.9 Å². The first kappa shape index (κ1) is 19.8. The number of benzene rings is 1. The second-order valence-electron chi connectivity index (χ2n) is 6.44. The molecule has 3 N–H and O–H groups in total. The summed E-state index contributed by atoms with van der Waals surface area (Å²) in [6.07, 6.45) is 2.94. The molecular weight excluding hydrogens is 425 g/mol. The molecule has 29 heavy (non-hydrogen) atoms. The smallest absolute Gasteiger partial charge is 0.259 e. The number of hydrazine groups is 1. The molecule has 0 radical (unpaired) electrons. The van der Waals surface area contributed by atoms with E-state index in [-0.39, 0.29) is 17.0 Å². The zero-order valence-electron chi connectivity index (χ0n) is 14.9. The summed E-state index contributed by atoms with van der Waals surface area (Å²) in [5.41, 5.74) is 4.99. The Hall–Kier alpha value is -2.53. The van der Waals surface area contributed by atoms with Gasteiger partial charge >= 0.3 is 0 Å². The minimum atomic E-state index is -1.62. The normalized spacial score (nSPS) is 12.9. The lowest BCUT2D eigenvalue weighted by atomic mass is 10.2. The number of carbonyl (C=O) groups excluding carboxylic acids is 1. The number of rotatable bonds is 6. The van der Waals surface area contributed by atoms with Crippen LogP contribution in [0.2, 0.25) is 0 Å². The molecule has 152 valence electrons. The Balaban J connectivity index is 1.33. The van der Waals surface area contributed by atoms with E-state index in [0.717, 1.165) is 37.0 Å². The fourth-order valence-corrected chi connectivity index (χ4v) is 5.12. The van der Waals surface area contributed by atoms with Crippen LogP contribution in [0, 0.1) is 17.5 Å². The molecule has 0 atom stereocenters. The number of halogens is 3. The molecule has 1 aromatic carbocycles. The van der Waals surface area contributed by atoms with E-state index in [0.29, 0.717) is 21.8 Å². The fraction of sp³-hybridized carbons (Fsp3) is 0.278. The van der Waals surface area contributed by atoms with E-state index >= 15 is 0 Å². The number of fused-ring (bicyclic) bond motifs is 3. The van der Waals surface area contributed by atoms with Gasteiger partial charge in [0.2, 0.25) is 5.91 Å². The lowest BCUT2D eigenvalue weighted by Crippen LogP contribution is -2.31. The molecular formula is C18H15F3N4O2S2. The molecule has 11 heteroatoms. The Morgan fingerprint density at radius 1 is 1.24 bits per heavy atom. The Morgan fingerprint density at radius 2 is 2.07 bits per heavy atom. The van der Waals surface area contributed by atoms with E-state index in [4.69, 9.17) is 0 Å². The number of amides is 1. The lowest BCUT2D eigenvalue weighted by Gasteiger charge is -2.09. The van der Waals surface area contributed by atoms with E-state index in [9.17, 15) is 22.8 Å². The maximum Gasteiger partial charge on any atom is 0.259 e. The number of carbonyl (C=O) groups is 1.